The van der Waals surface area contributed by atoms with Gasteiger partial charge >= 0.3 is 5.97 Å². The lowest BCUT2D eigenvalue weighted by molar-refractivity contribution is -0.126. The topological polar surface area (TPSA) is 128 Å². The third-order valence-electron chi connectivity index (χ3n) is 9.85. The molecule has 2 fully saturated rings. The fourth-order valence-corrected chi connectivity index (χ4v) is 8.68. The average molecular weight is 633 g/mol. The van der Waals surface area contributed by atoms with Gasteiger partial charge in [0, 0.05) is 36.6 Å². The van der Waals surface area contributed by atoms with Crippen molar-refractivity contribution in [2.45, 2.75) is 75.6 Å². The largest absolute Gasteiger partial charge is 0.490 e. The van der Waals surface area contributed by atoms with Gasteiger partial charge in [-0.15, -0.1) is 0 Å². The SMILES string of the molecule is C[C@H](CS(N)(=O)=O)O[C@@H]1CCO[C@@H]([C@@H]2CC[C@H]2CN2C[C@@]3(CCCc4cc(Cl)ccc43)COc3ccc(C(=O)O)cc32)C1. The third kappa shape index (κ3) is 6.68. The molecule has 11 heteroatoms. The van der Waals surface area contributed by atoms with Crippen LogP contribution in [0, 0.1) is 11.8 Å². The van der Waals surface area contributed by atoms with Gasteiger partial charge in [0.2, 0.25) is 10.0 Å². The quantitative estimate of drug-likeness (QED) is 0.426. The molecule has 2 aromatic carbocycles. The summed E-state index contributed by atoms with van der Waals surface area (Å²) in [5, 5.41) is 15.8. The molecule has 2 heterocycles. The van der Waals surface area contributed by atoms with E-state index in [1.807, 2.05) is 6.07 Å². The summed E-state index contributed by atoms with van der Waals surface area (Å²) in [6.45, 7) is 4.34. The molecule has 2 aliphatic carbocycles. The van der Waals surface area contributed by atoms with E-state index >= 15 is 0 Å². The molecule has 2 aromatic rings. The number of rotatable bonds is 8. The van der Waals surface area contributed by atoms with Crippen LogP contribution in [-0.4, -0.2) is 69.9 Å². The number of nitrogens with two attached hydrogens (primary N) is 1. The van der Waals surface area contributed by atoms with Crippen LogP contribution in [0.5, 0.6) is 5.75 Å². The Labute approximate surface area is 258 Å². The van der Waals surface area contributed by atoms with E-state index in [1.54, 1.807) is 25.1 Å². The molecule has 1 spiro atoms. The average Bonchev–Trinajstić information content (AvgIpc) is 3.07. The van der Waals surface area contributed by atoms with Gasteiger partial charge in [0.1, 0.15) is 5.75 Å². The van der Waals surface area contributed by atoms with Crippen molar-refractivity contribution < 1.29 is 32.5 Å². The zero-order valence-corrected chi connectivity index (χ0v) is 26.1. The van der Waals surface area contributed by atoms with Crippen LogP contribution in [0.4, 0.5) is 5.69 Å². The Morgan fingerprint density at radius 2 is 2.07 bits per heavy atom. The van der Waals surface area contributed by atoms with Crippen molar-refractivity contribution in [2.24, 2.45) is 17.0 Å². The van der Waals surface area contributed by atoms with E-state index in [2.05, 4.69) is 17.0 Å². The summed E-state index contributed by atoms with van der Waals surface area (Å²) in [6, 6.07) is 11.4. The molecule has 0 radical (unpaired) electrons. The first-order chi connectivity index (χ1) is 20.5. The van der Waals surface area contributed by atoms with E-state index < -0.39 is 22.1 Å². The number of halogens is 1. The van der Waals surface area contributed by atoms with Gasteiger partial charge in [-0.2, -0.15) is 0 Å². The second-order valence-electron chi connectivity index (χ2n) is 12.9. The Bertz CT molecular complexity index is 1470. The number of sulfonamides is 1. The Balaban J connectivity index is 1.24. The molecule has 0 unspecified atom stereocenters. The second kappa shape index (κ2) is 12.2. The summed E-state index contributed by atoms with van der Waals surface area (Å²) in [7, 11) is -3.61. The van der Waals surface area contributed by atoms with E-state index in [4.69, 9.17) is 31.0 Å². The molecule has 3 N–H and O–H groups in total. The highest BCUT2D eigenvalue weighted by Gasteiger charge is 2.45. The molecule has 6 atom stereocenters. The number of carboxylic acids is 1. The van der Waals surface area contributed by atoms with Crippen molar-refractivity contribution in [1.29, 1.82) is 0 Å². The Morgan fingerprint density at radius 3 is 2.81 bits per heavy atom. The molecule has 2 aliphatic heterocycles. The summed E-state index contributed by atoms with van der Waals surface area (Å²) in [5.41, 5.74) is 3.37. The maximum atomic E-state index is 12.0. The lowest BCUT2D eigenvalue weighted by Gasteiger charge is -2.48. The summed E-state index contributed by atoms with van der Waals surface area (Å²) in [6.07, 6.45) is 6.03. The lowest BCUT2D eigenvalue weighted by Crippen LogP contribution is -2.51. The molecule has 1 saturated carbocycles. The predicted octanol–water partition coefficient (Wildman–Crippen LogP) is 4.78. The maximum absolute atomic E-state index is 12.0. The molecule has 0 amide bonds. The smallest absolute Gasteiger partial charge is 0.335 e. The molecule has 1 saturated heterocycles. The highest BCUT2D eigenvalue weighted by atomic mass is 35.5. The van der Waals surface area contributed by atoms with E-state index in [-0.39, 0.29) is 28.9 Å². The second-order valence-corrected chi connectivity index (χ2v) is 15.0. The molecule has 4 aliphatic rings. The minimum atomic E-state index is -3.61. The summed E-state index contributed by atoms with van der Waals surface area (Å²) >= 11 is 6.39. The van der Waals surface area contributed by atoms with Gasteiger partial charge in [0.15, 0.2) is 0 Å². The lowest BCUT2D eigenvalue weighted by atomic mass is 9.67. The van der Waals surface area contributed by atoms with Gasteiger partial charge < -0.3 is 24.2 Å². The summed E-state index contributed by atoms with van der Waals surface area (Å²) in [5.74, 6) is 0.246. The third-order valence-corrected chi connectivity index (χ3v) is 11.0. The number of primary sulfonamides is 1. The van der Waals surface area contributed by atoms with Crippen molar-refractivity contribution in [3.8, 4) is 5.75 Å². The van der Waals surface area contributed by atoms with E-state index in [9.17, 15) is 18.3 Å². The molecular weight excluding hydrogens is 592 g/mol. The first-order valence-electron chi connectivity index (χ1n) is 15.3. The number of hydrogen-bond acceptors (Lipinski definition) is 7. The number of nitrogens with zero attached hydrogens (tertiary/aromatic N) is 1. The number of ether oxygens (including phenoxy) is 3. The number of aryl methyl sites for hydroxylation is 1. The van der Waals surface area contributed by atoms with Crippen LogP contribution in [0.1, 0.15) is 66.9 Å². The van der Waals surface area contributed by atoms with Gasteiger partial charge in [0.05, 0.1) is 41.9 Å². The number of anilines is 1. The van der Waals surface area contributed by atoms with Crippen molar-refractivity contribution in [2.75, 3.05) is 37.0 Å². The van der Waals surface area contributed by atoms with Gasteiger partial charge in [-0.05, 0) is 98.7 Å². The number of carboxylic acid groups (broad SMARTS) is 1. The number of hydrogen-bond donors (Lipinski definition) is 2. The van der Waals surface area contributed by atoms with Crippen LogP contribution in [0.15, 0.2) is 36.4 Å². The Hall–Kier alpha value is -2.37. The fourth-order valence-electron chi connectivity index (χ4n) is 7.75. The van der Waals surface area contributed by atoms with Gasteiger partial charge in [-0.25, -0.2) is 18.4 Å². The van der Waals surface area contributed by atoms with Crippen molar-refractivity contribution in [1.82, 2.24) is 0 Å². The maximum Gasteiger partial charge on any atom is 0.335 e. The Morgan fingerprint density at radius 1 is 1.23 bits per heavy atom. The zero-order valence-electron chi connectivity index (χ0n) is 24.5. The Kier molecular flexibility index (Phi) is 8.69. The van der Waals surface area contributed by atoms with Crippen LogP contribution in [0.2, 0.25) is 5.02 Å². The number of fused-ring (bicyclic) bond motifs is 3. The molecule has 0 bridgehead atoms. The first kappa shape index (κ1) is 30.6. The highest BCUT2D eigenvalue weighted by molar-refractivity contribution is 7.89. The van der Waals surface area contributed by atoms with E-state index in [1.165, 1.54) is 11.1 Å². The highest BCUT2D eigenvalue weighted by Crippen LogP contribution is 2.47. The normalized spacial score (nSPS) is 29.5. The summed E-state index contributed by atoms with van der Waals surface area (Å²) < 4.78 is 41.9. The number of aromatic carboxylic acids is 1. The number of benzene rings is 2. The molecular formula is C32H41ClN2O7S. The van der Waals surface area contributed by atoms with Crippen LogP contribution in [0.25, 0.3) is 0 Å². The van der Waals surface area contributed by atoms with Crippen molar-refractivity contribution in [3.63, 3.8) is 0 Å². The monoisotopic (exact) mass is 632 g/mol. The van der Waals surface area contributed by atoms with E-state index in [0.29, 0.717) is 30.8 Å². The minimum Gasteiger partial charge on any atom is -0.490 e. The molecule has 43 heavy (non-hydrogen) atoms. The minimum absolute atomic E-state index is 0.0266. The molecule has 6 rings (SSSR count). The van der Waals surface area contributed by atoms with Crippen LogP contribution in [-0.2, 0) is 31.3 Å². The van der Waals surface area contributed by atoms with Gasteiger partial charge in [-0.3, -0.25) is 0 Å². The number of carbonyl (C=O) groups is 1. The van der Waals surface area contributed by atoms with Gasteiger partial charge in [0.25, 0.3) is 0 Å². The van der Waals surface area contributed by atoms with Crippen molar-refractivity contribution in [3.05, 3.63) is 58.1 Å². The predicted molar refractivity (Wildman–Crippen MR) is 165 cm³/mol. The first-order valence-corrected chi connectivity index (χ1v) is 17.4. The fraction of sp³-hybridized carbons (Fsp3) is 0.594. The molecule has 0 aromatic heterocycles. The van der Waals surface area contributed by atoms with Crippen molar-refractivity contribution >= 4 is 33.3 Å². The standard InChI is InChI=1S/C32H41ClN2O7S/c1-20(17-43(34,38)39)42-25-10-12-40-30(15-25)26-7-4-23(26)16-35-18-32(11-2-3-21-13-24(33)6-8-27(21)32)19-41-29-9-5-22(31(36)37)14-28(29)35/h5-6,8-9,13-14,20,23,25-26,30H,2-4,7,10-12,15-19H2,1H3,(H,36,37)(H2,34,38,39)/t20-,23+,25-,26-,30-,32+/m1/s1. The van der Waals surface area contributed by atoms with Gasteiger partial charge in [-0.1, -0.05) is 17.7 Å². The molecule has 234 valence electrons. The van der Waals surface area contributed by atoms with Crippen LogP contribution in [0.3, 0.4) is 0 Å². The van der Waals surface area contributed by atoms with E-state index in [0.717, 1.165) is 68.7 Å². The summed E-state index contributed by atoms with van der Waals surface area (Å²) in [4.78, 5) is 14.3. The molecule has 9 nitrogen and oxygen atoms in total. The van der Waals surface area contributed by atoms with Crippen LogP contribution < -0.4 is 14.8 Å². The van der Waals surface area contributed by atoms with Crippen LogP contribution >= 0.6 is 11.6 Å². The zero-order chi connectivity index (χ0) is 30.4.